The third-order valence-corrected chi connectivity index (χ3v) is 6.32. The summed E-state index contributed by atoms with van der Waals surface area (Å²) in [4.78, 5) is 12.9. The Labute approximate surface area is 231 Å². The van der Waals surface area contributed by atoms with Crippen molar-refractivity contribution >= 4 is 23.1 Å². The third kappa shape index (κ3) is 5.78. The Morgan fingerprint density at radius 2 is 1.15 bits per heavy atom. The van der Waals surface area contributed by atoms with Crippen LogP contribution < -0.4 is 29.1 Å². The van der Waals surface area contributed by atoms with E-state index in [2.05, 4.69) is 0 Å². The smallest absolute Gasteiger partial charge is 0.197 e. The molecule has 0 radical (unpaired) electrons. The first-order chi connectivity index (χ1) is 19.5. The van der Waals surface area contributed by atoms with Gasteiger partial charge in [0, 0.05) is 29.8 Å². The molecular formula is C33H28O7. The quantitative estimate of drug-likeness (QED) is 0.181. The Bertz CT molecular complexity index is 1690. The monoisotopic (exact) mass is 536 g/mol. The molecule has 5 rings (SSSR count). The SMILES string of the molecule is COc1cc(/C=C/c2ccc(Oc3ccc(-c4cc(=O)c5c(OC)cc(OC)cc5o4)cc3)cc2)cc(OC)c1. The van der Waals surface area contributed by atoms with E-state index in [9.17, 15) is 4.79 Å². The molecule has 40 heavy (non-hydrogen) atoms. The van der Waals surface area contributed by atoms with Crippen LogP contribution in [-0.4, -0.2) is 28.4 Å². The average molecular weight is 537 g/mol. The molecule has 0 amide bonds. The van der Waals surface area contributed by atoms with Gasteiger partial charge in [-0.25, -0.2) is 0 Å². The largest absolute Gasteiger partial charge is 0.497 e. The zero-order valence-electron chi connectivity index (χ0n) is 22.6. The van der Waals surface area contributed by atoms with Gasteiger partial charge in [-0.1, -0.05) is 24.3 Å². The van der Waals surface area contributed by atoms with Crippen molar-refractivity contribution in [3.63, 3.8) is 0 Å². The molecule has 0 saturated carbocycles. The van der Waals surface area contributed by atoms with E-state index < -0.39 is 0 Å². The fourth-order valence-electron chi connectivity index (χ4n) is 4.24. The first kappa shape index (κ1) is 26.4. The molecule has 0 saturated heterocycles. The molecule has 0 spiro atoms. The van der Waals surface area contributed by atoms with Crippen molar-refractivity contribution in [1.82, 2.24) is 0 Å². The Hall–Kier alpha value is -5.17. The second-order valence-electron chi connectivity index (χ2n) is 8.85. The van der Waals surface area contributed by atoms with Crippen LogP contribution in [0.25, 0.3) is 34.4 Å². The summed E-state index contributed by atoms with van der Waals surface area (Å²) in [5, 5.41) is 0.369. The van der Waals surface area contributed by atoms with Crippen LogP contribution in [0.2, 0.25) is 0 Å². The van der Waals surface area contributed by atoms with Crippen molar-refractivity contribution < 1.29 is 28.1 Å². The van der Waals surface area contributed by atoms with Gasteiger partial charge in [-0.15, -0.1) is 0 Å². The van der Waals surface area contributed by atoms with Crippen molar-refractivity contribution in [2.24, 2.45) is 0 Å². The molecule has 0 N–H and O–H groups in total. The lowest BCUT2D eigenvalue weighted by molar-refractivity contribution is 0.394. The summed E-state index contributed by atoms with van der Waals surface area (Å²) in [6.07, 6.45) is 4.01. The maximum absolute atomic E-state index is 12.9. The molecule has 0 bridgehead atoms. The maximum atomic E-state index is 12.9. The average Bonchev–Trinajstić information content (AvgIpc) is 3.00. The number of fused-ring (bicyclic) bond motifs is 1. The molecule has 202 valence electrons. The fraction of sp³-hybridized carbons (Fsp3) is 0.121. The first-order valence-electron chi connectivity index (χ1n) is 12.5. The van der Waals surface area contributed by atoms with Gasteiger partial charge in [0.1, 0.15) is 51.2 Å². The summed E-state index contributed by atoms with van der Waals surface area (Å²) in [6.45, 7) is 0. The molecular weight excluding hydrogens is 508 g/mol. The van der Waals surface area contributed by atoms with E-state index in [0.717, 1.165) is 28.2 Å². The maximum Gasteiger partial charge on any atom is 0.197 e. The van der Waals surface area contributed by atoms with Crippen LogP contribution in [-0.2, 0) is 0 Å². The van der Waals surface area contributed by atoms with Crippen LogP contribution >= 0.6 is 0 Å². The zero-order valence-corrected chi connectivity index (χ0v) is 22.6. The molecule has 0 aliphatic carbocycles. The lowest BCUT2D eigenvalue weighted by Gasteiger charge is -2.10. The highest BCUT2D eigenvalue weighted by molar-refractivity contribution is 5.86. The summed E-state index contributed by atoms with van der Waals surface area (Å²) in [7, 11) is 6.31. The van der Waals surface area contributed by atoms with E-state index in [1.807, 2.05) is 78.9 Å². The van der Waals surface area contributed by atoms with Gasteiger partial charge in [-0.3, -0.25) is 4.79 Å². The highest BCUT2D eigenvalue weighted by Gasteiger charge is 2.14. The van der Waals surface area contributed by atoms with E-state index in [1.165, 1.54) is 13.2 Å². The van der Waals surface area contributed by atoms with E-state index in [0.29, 0.717) is 39.7 Å². The number of hydrogen-bond donors (Lipinski definition) is 0. The zero-order chi connectivity index (χ0) is 28.1. The molecule has 0 aliphatic rings. The molecule has 0 aliphatic heterocycles. The minimum absolute atomic E-state index is 0.198. The van der Waals surface area contributed by atoms with Crippen molar-refractivity contribution in [3.05, 3.63) is 106 Å². The topological polar surface area (TPSA) is 76.4 Å². The second-order valence-corrected chi connectivity index (χ2v) is 8.85. The second kappa shape index (κ2) is 11.7. The summed E-state index contributed by atoms with van der Waals surface area (Å²) in [5.74, 6) is 4.19. The molecule has 7 heteroatoms. The predicted molar refractivity (Wildman–Crippen MR) is 156 cm³/mol. The number of benzene rings is 4. The molecule has 7 nitrogen and oxygen atoms in total. The number of rotatable bonds is 9. The lowest BCUT2D eigenvalue weighted by atomic mass is 10.1. The Balaban J connectivity index is 1.30. The molecule has 0 fully saturated rings. The van der Waals surface area contributed by atoms with E-state index in [-0.39, 0.29) is 5.43 Å². The highest BCUT2D eigenvalue weighted by atomic mass is 16.5. The minimum Gasteiger partial charge on any atom is -0.497 e. The van der Waals surface area contributed by atoms with E-state index >= 15 is 0 Å². The van der Waals surface area contributed by atoms with Gasteiger partial charge in [-0.2, -0.15) is 0 Å². The number of hydrogen-bond acceptors (Lipinski definition) is 7. The Kier molecular flexibility index (Phi) is 7.73. The van der Waals surface area contributed by atoms with Gasteiger partial charge in [0.2, 0.25) is 0 Å². The van der Waals surface area contributed by atoms with E-state index in [4.69, 9.17) is 28.1 Å². The summed E-state index contributed by atoms with van der Waals surface area (Å²) < 4.78 is 33.4. The van der Waals surface area contributed by atoms with Gasteiger partial charge < -0.3 is 28.1 Å². The van der Waals surface area contributed by atoms with Crippen LogP contribution in [0.15, 0.2) is 94.1 Å². The lowest BCUT2D eigenvalue weighted by Crippen LogP contribution is -2.03. The summed E-state index contributed by atoms with van der Waals surface area (Å²) in [5.41, 5.74) is 2.92. The standard InChI is InChI=1S/C33H28O7/c1-35-26-15-22(16-27(17-26)36-2)6-5-21-7-11-24(12-8-21)39-25-13-9-23(10-14-25)30-20-29(34)33-31(38-4)18-28(37-3)19-32(33)40-30/h5-20H,1-4H3/b6-5+. The third-order valence-electron chi connectivity index (χ3n) is 6.32. The van der Waals surface area contributed by atoms with E-state index in [1.54, 1.807) is 33.5 Å². The van der Waals surface area contributed by atoms with Crippen LogP contribution in [0.3, 0.4) is 0 Å². The van der Waals surface area contributed by atoms with Crippen LogP contribution in [0, 0.1) is 0 Å². The molecule has 0 unspecified atom stereocenters. The summed E-state index contributed by atoms with van der Waals surface area (Å²) >= 11 is 0. The van der Waals surface area contributed by atoms with Crippen LogP contribution in [0.5, 0.6) is 34.5 Å². The van der Waals surface area contributed by atoms with Gasteiger partial charge in [0.05, 0.1) is 28.4 Å². The van der Waals surface area contributed by atoms with Gasteiger partial charge >= 0.3 is 0 Å². The first-order valence-corrected chi connectivity index (χ1v) is 12.5. The molecule has 5 aromatic rings. The van der Waals surface area contributed by atoms with Gasteiger partial charge in [0.25, 0.3) is 0 Å². The van der Waals surface area contributed by atoms with Crippen LogP contribution in [0.4, 0.5) is 0 Å². The van der Waals surface area contributed by atoms with Gasteiger partial charge in [0.15, 0.2) is 5.43 Å². The Morgan fingerprint density at radius 1 is 0.575 bits per heavy atom. The van der Waals surface area contributed by atoms with Crippen molar-refractivity contribution in [2.75, 3.05) is 28.4 Å². The highest BCUT2D eigenvalue weighted by Crippen LogP contribution is 2.32. The van der Waals surface area contributed by atoms with Crippen LogP contribution in [0.1, 0.15) is 11.1 Å². The van der Waals surface area contributed by atoms with Crippen molar-refractivity contribution in [2.45, 2.75) is 0 Å². The normalized spacial score (nSPS) is 11.0. The molecule has 4 aromatic carbocycles. The molecule has 1 aromatic heterocycles. The minimum atomic E-state index is -0.198. The molecule has 0 atom stereocenters. The Morgan fingerprint density at radius 3 is 1.75 bits per heavy atom. The van der Waals surface area contributed by atoms with Crippen molar-refractivity contribution in [1.29, 1.82) is 0 Å². The fourth-order valence-corrected chi connectivity index (χ4v) is 4.24. The number of ether oxygens (including phenoxy) is 5. The van der Waals surface area contributed by atoms with Crippen molar-refractivity contribution in [3.8, 4) is 45.8 Å². The predicted octanol–water partition coefficient (Wildman–Crippen LogP) is 7.46. The number of methoxy groups -OCH3 is 4. The summed E-state index contributed by atoms with van der Waals surface area (Å²) in [6, 6.07) is 25.6. The molecule has 1 heterocycles. The van der Waals surface area contributed by atoms with Gasteiger partial charge in [-0.05, 0) is 59.7 Å².